The summed E-state index contributed by atoms with van der Waals surface area (Å²) in [6.45, 7) is 5.74. The molecule has 212 valence electrons. The highest BCUT2D eigenvalue weighted by Gasteiger charge is 2.37. The van der Waals surface area contributed by atoms with Gasteiger partial charge in [0.2, 0.25) is 11.6 Å². The molecule has 0 heterocycles. The number of hydrogen-bond acceptors (Lipinski definition) is 8. The van der Waals surface area contributed by atoms with Crippen LogP contribution >= 0.6 is 0 Å². The molecule has 5 rings (SSSR count). The Bertz CT molecular complexity index is 1600. The maximum atomic E-state index is 13.7. The second-order valence-electron chi connectivity index (χ2n) is 10.2. The van der Waals surface area contributed by atoms with Gasteiger partial charge in [0, 0.05) is 36.9 Å². The molecule has 42 heavy (non-hydrogen) atoms. The Labute approximate surface area is 244 Å². The van der Waals surface area contributed by atoms with Gasteiger partial charge in [-0.25, -0.2) is 0 Å². The molecular weight excluding hydrogens is 528 g/mol. The van der Waals surface area contributed by atoms with Crippen LogP contribution in [0, 0.1) is 13.8 Å². The van der Waals surface area contributed by atoms with Gasteiger partial charge in [-0.15, -0.1) is 0 Å². The smallest absolute Gasteiger partial charge is 0.200 e. The minimum atomic E-state index is -0.542. The summed E-state index contributed by atoms with van der Waals surface area (Å²) >= 11 is 0. The first kappa shape index (κ1) is 28.3. The lowest BCUT2D eigenvalue weighted by Gasteiger charge is -2.24. The van der Waals surface area contributed by atoms with Gasteiger partial charge in [-0.3, -0.25) is 19.6 Å². The number of carbonyl (C=O) groups is 2. The van der Waals surface area contributed by atoms with Gasteiger partial charge in [0.15, 0.2) is 0 Å². The fraction of sp³-hybridized carbons (Fsp3) is 0.176. The van der Waals surface area contributed by atoms with Gasteiger partial charge in [-0.05, 0) is 49.2 Å². The maximum absolute atomic E-state index is 13.7. The van der Waals surface area contributed by atoms with Crippen molar-refractivity contribution in [1.29, 1.82) is 0 Å². The summed E-state index contributed by atoms with van der Waals surface area (Å²) in [7, 11) is 0. The van der Waals surface area contributed by atoms with E-state index < -0.39 is 11.6 Å². The first-order valence-electron chi connectivity index (χ1n) is 13.8. The SMILES string of the molecule is Cc1cccc(/C=N/CCNc2ccc(NCC/N=C/c3cccc(C)c3)c3c2C(=O)c2c(O)ccc(O)c2C3=O)c1. The average molecular weight is 561 g/mol. The molecule has 0 unspecified atom stereocenters. The number of phenolic OH excluding ortho intramolecular Hbond substituents is 2. The molecule has 4 aromatic carbocycles. The van der Waals surface area contributed by atoms with E-state index in [1.807, 2.05) is 62.4 Å². The normalized spacial score (nSPS) is 12.5. The molecule has 0 radical (unpaired) electrons. The third-order valence-electron chi connectivity index (χ3n) is 6.95. The van der Waals surface area contributed by atoms with E-state index in [0.29, 0.717) is 37.6 Å². The van der Waals surface area contributed by atoms with E-state index in [4.69, 9.17) is 0 Å². The summed E-state index contributed by atoms with van der Waals surface area (Å²) < 4.78 is 0. The Hall–Kier alpha value is -5.24. The van der Waals surface area contributed by atoms with E-state index in [1.54, 1.807) is 24.6 Å². The maximum Gasteiger partial charge on any atom is 0.200 e. The zero-order chi connectivity index (χ0) is 29.6. The number of aromatic hydroxyl groups is 2. The first-order chi connectivity index (χ1) is 20.3. The predicted molar refractivity (Wildman–Crippen MR) is 167 cm³/mol. The van der Waals surface area contributed by atoms with Crippen molar-refractivity contribution in [2.24, 2.45) is 9.98 Å². The third-order valence-corrected chi connectivity index (χ3v) is 6.95. The van der Waals surface area contributed by atoms with E-state index in [0.717, 1.165) is 22.3 Å². The summed E-state index contributed by atoms with van der Waals surface area (Å²) in [5.41, 5.74) is 5.07. The van der Waals surface area contributed by atoms with Crippen molar-refractivity contribution >= 4 is 35.4 Å². The Morgan fingerprint density at radius 2 is 1.05 bits per heavy atom. The standard InChI is InChI=1S/C34H32N4O4/c1-21-5-3-7-23(17-21)19-35-13-15-37-25-9-10-26(38-16-14-36-20-24-8-4-6-22(2)18-24)30-29(25)33(41)31-27(39)11-12-28(40)32(31)34(30)42/h3-12,17-20,37-40H,13-16H2,1-2H3/b35-19+,36-20+. The highest BCUT2D eigenvalue weighted by molar-refractivity contribution is 6.33. The van der Waals surface area contributed by atoms with Gasteiger partial charge in [0.05, 0.1) is 35.3 Å². The summed E-state index contributed by atoms with van der Waals surface area (Å²) in [6, 6.07) is 21.9. The lowest BCUT2D eigenvalue weighted by Crippen LogP contribution is -2.25. The summed E-state index contributed by atoms with van der Waals surface area (Å²) in [5.74, 6) is -1.80. The Balaban J connectivity index is 1.37. The Morgan fingerprint density at radius 1 is 0.619 bits per heavy atom. The van der Waals surface area contributed by atoms with Crippen LogP contribution in [0.15, 0.2) is 82.8 Å². The number of carbonyl (C=O) groups excluding carboxylic acids is 2. The highest BCUT2D eigenvalue weighted by atomic mass is 16.3. The molecule has 0 saturated carbocycles. The summed E-state index contributed by atoms with van der Waals surface area (Å²) in [4.78, 5) is 36.4. The van der Waals surface area contributed by atoms with Crippen molar-refractivity contribution in [2.45, 2.75) is 13.8 Å². The lowest BCUT2D eigenvalue weighted by atomic mass is 9.81. The molecule has 0 fully saturated rings. The molecule has 0 aliphatic heterocycles. The summed E-state index contributed by atoms with van der Waals surface area (Å²) in [5, 5.41) is 27.4. The van der Waals surface area contributed by atoms with Crippen LogP contribution in [-0.2, 0) is 0 Å². The first-order valence-corrected chi connectivity index (χ1v) is 13.8. The number of ketones is 2. The van der Waals surface area contributed by atoms with E-state index in [2.05, 4.69) is 20.6 Å². The van der Waals surface area contributed by atoms with Crippen LogP contribution in [0.4, 0.5) is 11.4 Å². The minimum Gasteiger partial charge on any atom is -0.507 e. The van der Waals surface area contributed by atoms with Crippen LogP contribution in [0.3, 0.4) is 0 Å². The number of benzene rings is 4. The molecule has 1 aliphatic carbocycles. The van der Waals surface area contributed by atoms with Crippen molar-refractivity contribution in [2.75, 3.05) is 36.8 Å². The number of rotatable bonds is 10. The second kappa shape index (κ2) is 12.5. The van der Waals surface area contributed by atoms with E-state index in [-0.39, 0.29) is 33.8 Å². The predicted octanol–water partition coefficient (Wildman–Crippen LogP) is 5.55. The van der Waals surface area contributed by atoms with Crippen molar-refractivity contribution in [1.82, 2.24) is 0 Å². The fourth-order valence-corrected chi connectivity index (χ4v) is 5.01. The number of aliphatic imine (C=N–C) groups is 2. The largest absolute Gasteiger partial charge is 0.507 e. The Morgan fingerprint density at radius 3 is 1.45 bits per heavy atom. The Kier molecular flexibility index (Phi) is 8.43. The van der Waals surface area contributed by atoms with Crippen molar-refractivity contribution in [3.63, 3.8) is 0 Å². The number of nitrogens with one attached hydrogen (secondary N) is 2. The van der Waals surface area contributed by atoms with Crippen molar-refractivity contribution in [3.05, 3.63) is 117 Å². The molecule has 0 aromatic heterocycles. The topological polar surface area (TPSA) is 123 Å². The number of phenols is 2. The van der Waals surface area contributed by atoms with Crippen LogP contribution in [0.1, 0.15) is 54.1 Å². The molecule has 0 saturated heterocycles. The van der Waals surface area contributed by atoms with Crippen molar-refractivity contribution < 1.29 is 19.8 Å². The van der Waals surface area contributed by atoms with Crippen LogP contribution in [0.25, 0.3) is 0 Å². The second-order valence-corrected chi connectivity index (χ2v) is 10.2. The van der Waals surface area contributed by atoms with E-state index >= 15 is 0 Å². The summed E-state index contributed by atoms with van der Waals surface area (Å²) in [6.07, 6.45) is 3.59. The molecular formula is C34H32N4O4. The van der Waals surface area contributed by atoms with Crippen LogP contribution < -0.4 is 10.6 Å². The molecule has 4 aromatic rings. The molecule has 0 atom stereocenters. The quantitative estimate of drug-likeness (QED) is 0.101. The number of aryl methyl sites for hydroxylation is 2. The van der Waals surface area contributed by atoms with Gasteiger partial charge in [-0.1, -0.05) is 59.7 Å². The van der Waals surface area contributed by atoms with Gasteiger partial charge in [0.1, 0.15) is 11.5 Å². The molecule has 1 aliphatic rings. The molecule has 4 N–H and O–H groups in total. The molecule has 0 amide bonds. The third kappa shape index (κ3) is 6.07. The number of fused-ring (bicyclic) bond motifs is 2. The highest BCUT2D eigenvalue weighted by Crippen LogP contribution is 2.42. The molecule has 8 nitrogen and oxygen atoms in total. The molecule has 8 heteroatoms. The number of nitrogens with zero attached hydrogens (tertiary/aromatic N) is 2. The average Bonchev–Trinajstić information content (AvgIpc) is 2.97. The monoisotopic (exact) mass is 560 g/mol. The van der Waals surface area contributed by atoms with E-state index in [9.17, 15) is 19.8 Å². The zero-order valence-electron chi connectivity index (χ0n) is 23.5. The minimum absolute atomic E-state index is 0.143. The van der Waals surface area contributed by atoms with Crippen LogP contribution in [0.2, 0.25) is 0 Å². The van der Waals surface area contributed by atoms with Gasteiger partial charge in [0.25, 0.3) is 0 Å². The van der Waals surface area contributed by atoms with Gasteiger partial charge >= 0.3 is 0 Å². The van der Waals surface area contributed by atoms with Crippen LogP contribution in [-0.4, -0.2) is 60.4 Å². The lowest BCUT2D eigenvalue weighted by molar-refractivity contribution is 0.0975. The molecule has 0 spiro atoms. The van der Waals surface area contributed by atoms with Crippen LogP contribution in [0.5, 0.6) is 11.5 Å². The van der Waals surface area contributed by atoms with Gasteiger partial charge in [-0.2, -0.15) is 0 Å². The zero-order valence-corrected chi connectivity index (χ0v) is 23.5. The number of hydrogen-bond donors (Lipinski definition) is 4. The fourth-order valence-electron chi connectivity index (χ4n) is 5.01. The number of anilines is 2. The van der Waals surface area contributed by atoms with Crippen molar-refractivity contribution in [3.8, 4) is 11.5 Å². The van der Waals surface area contributed by atoms with Gasteiger partial charge < -0.3 is 20.8 Å². The van der Waals surface area contributed by atoms with E-state index in [1.165, 1.54) is 12.1 Å². The molecule has 0 bridgehead atoms.